The molecule has 0 saturated heterocycles. The van der Waals surface area contributed by atoms with Gasteiger partial charge in [0, 0.05) is 5.69 Å². The highest BCUT2D eigenvalue weighted by molar-refractivity contribution is 7.99. The van der Waals surface area contributed by atoms with Crippen molar-refractivity contribution in [2.45, 2.75) is 18.3 Å². The Morgan fingerprint density at radius 3 is 2.59 bits per heavy atom. The van der Waals surface area contributed by atoms with Gasteiger partial charge in [0.05, 0.1) is 18.4 Å². The van der Waals surface area contributed by atoms with E-state index in [-0.39, 0.29) is 11.4 Å². The monoisotopic (exact) mass is 423 g/mol. The molecule has 29 heavy (non-hydrogen) atoms. The van der Waals surface area contributed by atoms with Crippen molar-refractivity contribution in [3.63, 3.8) is 0 Å². The maximum Gasteiger partial charge on any atom is 0.416 e. The molecule has 7 nitrogen and oxygen atoms in total. The Kier molecular flexibility index (Phi) is 6.06. The lowest BCUT2D eigenvalue weighted by atomic mass is 10.2. The van der Waals surface area contributed by atoms with Crippen molar-refractivity contribution in [2.24, 2.45) is 0 Å². The molecule has 1 heterocycles. The number of methoxy groups -OCH3 is 1. The molecule has 11 heteroatoms. The molecule has 1 amide bonds. The number of nitrogens with one attached hydrogen (secondary N) is 1. The Balaban J connectivity index is 1.66. The summed E-state index contributed by atoms with van der Waals surface area (Å²) in [7, 11) is 1.53. The van der Waals surface area contributed by atoms with Crippen molar-refractivity contribution in [2.75, 3.05) is 18.2 Å². The van der Waals surface area contributed by atoms with Gasteiger partial charge in [0.15, 0.2) is 0 Å². The van der Waals surface area contributed by atoms with E-state index < -0.39 is 17.6 Å². The number of anilines is 1. The number of nitrogens with zero attached hydrogens (tertiary/aromatic N) is 4. The van der Waals surface area contributed by atoms with Crippen LogP contribution in [0.3, 0.4) is 0 Å². The number of rotatable bonds is 6. The highest BCUT2D eigenvalue weighted by Crippen LogP contribution is 2.30. The number of halogens is 3. The molecule has 2 aromatic carbocycles. The van der Waals surface area contributed by atoms with Crippen molar-refractivity contribution in [3.05, 3.63) is 53.6 Å². The van der Waals surface area contributed by atoms with Gasteiger partial charge in [0.25, 0.3) is 0 Å². The third-order valence-corrected chi connectivity index (χ3v) is 4.75. The lowest BCUT2D eigenvalue weighted by Gasteiger charge is -2.10. The first-order valence-corrected chi connectivity index (χ1v) is 9.30. The van der Waals surface area contributed by atoms with Crippen molar-refractivity contribution < 1.29 is 22.7 Å². The van der Waals surface area contributed by atoms with Gasteiger partial charge in [-0.1, -0.05) is 17.8 Å². The average Bonchev–Trinajstić information content (AvgIpc) is 3.14. The number of hydrogen-bond donors (Lipinski definition) is 1. The zero-order chi connectivity index (χ0) is 21.0. The third-order valence-electron chi connectivity index (χ3n) is 3.83. The number of carbonyl (C=O) groups excluding carboxylic acids is 1. The molecule has 0 unspecified atom stereocenters. The zero-order valence-electron chi connectivity index (χ0n) is 15.4. The lowest BCUT2D eigenvalue weighted by molar-refractivity contribution is -0.137. The van der Waals surface area contributed by atoms with Gasteiger partial charge < -0.3 is 10.1 Å². The maximum atomic E-state index is 12.6. The molecule has 1 aromatic heterocycles. The smallest absolute Gasteiger partial charge is 0.416 e. The van der Waals surface area contributed by atoms with E-state index in [1.165, 1.54) is 23.9 Å². The van der Waals surface area contributed by atoms with Crippen LogP contribution < -0.4 is 10.1 Å². The first kappa shape index (κ1) is 20.6. The summed E-state index contributed by atoms with van der Waals surface area (Å²) in [6.07, 6.45) is -4.42. The maximum absolute atomic E-state index is 12.6. The van der Waals surface area contributed by atoms with Crippen LogP contribution in [0.2, 0.25) is 0 Å². The largest absolute Gasteiger partial charge is 0.494 e. The van der Waals surface area contributed by atoms with E-state index in [4.69, 9.17) is 4.74 Å². The van der Waals surface area contributed by atoms with Crippen LogP contribution in [0.25, 0.3) is 5.69 Å². The number of tetrazole rings is 1. The SMILES string of the molecule is COc1ccc(C)cc1-n1nnnc1SCC(=O)Nc1ccc(C(F)(F)F)cc1. The summed E-state index contributed by atoms with van der Waals surface area (Å²) in [6, 6.07) is 9.75. The molecule has 0 bridgehead atoms. The van der Waals surface area contributed by atoms with Crippen LogP contribution in [-0.4, -0.2) is 39.0 Å². The fourth-order valence-corrected chi connectivity index (χ4v) is 3.14. The summed E-state index contributed by atoms with van der Waals surface area (Å²) in [5.41, 5.74) is 1.09. The summed E-state index contributed by atoms with van der Waals surface area (Å²) in [4.78, 5) is 12.2. The standard InChI is InChI=1S/C18H16F3N5O2S/c1-11-3-8-15(28-2)14(9-11)26-17(23-24-25-26)29-10-16(27)22-13-6-4-12(5-7-13)18(19,20)21/h3-9H,10H2,1-2H3,(H,22,27). The number of alkyl halides is 3. The summed E-state index contributed by atoms with van der Waals surface area (Å²) < 4.78 is 44.6. The van der Waals surface area contributed by atoms with E-state index in [1.54, 1.807) is 6.07 Å². The summed E-state index contributed by atoms with van der Waals surface area (Å²) in [5.74, 6) is 0.134. The predicted octanol–water partition coefficient (Wildman–Crippen LogP) is 3.73. The van der Waals surface area contributed by atoms with E-state index in [9.17, 15) is 18.0 Å². The van der Waals surface area contributed by atoms with E-state index in [0.29, 0.717) is 16.6 Å². The number of aryl methyl sites for hydroxylation is 1. The number of ether oxygens (including phenoxy) is 1. The second-order valence-corrected chi connectivity index (χ2v) is 6.90. The Morgan fingerprint density at radius 1 is 1.21 bits per heavy atom. The van der Waals surface area contributed by atoms with Gasteiger partial charge in [-0.25, -0.2) is 0 Å². The van der Waals surface area contributed by atoms with Gasteiger partial charge in [-0.3, -0.25) is 4.79 Å². The summed E-state index contributed by atoms with van der Waals surface area (Å²) in [5, 5.41) is 14.4. The zero-order valence-corrected chi connectivity index (χ0v) is 16.2. The minimum atomic E-state index is -4.42. The number of hydrogen-bond acceptors (Lipinski definition) is 6. The van der Waals surface area contributed by atoms with Gasteiger partial charge in [0.2, 0.25) is 11.1 Å². The van der Waals surface area contributed by atoms with E-state index in [1.807, 2.05) is 19.1 Å². The molecule has 0 spiro atoms. The number of carbonyl (C=O) groups is 1. The molecule has 1 N–H and O–H groups in total. The topological polar surface area (TPSA) is 81.9 Å². The third kappa shape index (κ3) is 5.05. The van der Waals surface area contributed by atoms with Gasteiger partial charge >= 0.3 is 6.18 Å². The number of aromatic nitrogens is 4. The Labute approximate surface area is 168 Å². The Hall–Kier alpha value is -3.08. The van der Waals surface area contributed by atoms with Crippen LogP contribution in [0.15, 0.2) is 47.6 Å². The minimum Gasteiger partial charge on any atom is -0.494 e. The molecule has 0 fully saturated rings. The van der Waals surface area contributed by atoms with Crippen molar-refractivity contribution in [1.82, 2.24) is 20.2 Å². The summed E-state index contributed by atoms with van der Waals surface area (Å²) in [6.45, 7) is 1.91. The fourth-order valence-electron chi connectivity index (χ4n) is 2.46. The molecule has 152 valence electrons. The lowest BCUT2D eigenvalue weighted by Crippen LogP contribution is -2.15. The first-order valence-electron chi connectivity index (χ1n) is 8.31. The molecule has 3 aromatic rings. The second-order valence-electron chi connectivity index (χ2n) is 5.96. The van der Waals surface area contributed by atoms with E-state index in [2.05, 4.69) is 20.8 Å². The van der Waals surface area contributed by atoms with E-state index in [0.717, 1.165) is 29.5 Å². The van der Waals surface area contributed by atoms with Crippen LogP contribution >= 0.6 is 11.8 Å². The molecule has 0 aliphatic heterocycles. The predicted molar refractivity (Wildman–Crippen MR) is 101 cm³/mol. The summed E-state index contributed by atoms with van der Waals surface area (Å²) >= 11 is 1.09. The molecule has 0 saturated carbocycles. The Morgan fingerprint density at radius 2 is 1.93 bits per heavy atom. The van der Waals surface area contributed by atoms with Crippen molar-refractivity contribution in [3.8, 4) is 11.4 Å². The number of thioether (sulfide) groups is 1. The Bertz CT molecular complexity index is 1010. The highest BCUT2D eigenvalue weighted by Gasteiger charge is 2.30. The van der Waals surface area contributed by atoms with Crippen LogP contribution in [0.5, 0.6) is 5.75 Å². The fraction of sp³-hybridized carbons (Fsp3) is 0.222. The number of benzene rings is 2. The van der Waals surface area contributed by atoms with Gasteiger partial charge in [-0.2, -0.15) is 17.9 Å². The minimum absolute atomic E-state index is 0.0322. The molecule has 3 rings (SSSR count). The molecule has 0 aliphatic carbocycles. The number of amides is 1. The molecule has 0 atom stereocenters. The second kappa shape index (κ2) is 8.52. The van der Waals surface area contributed by atoms with E-state index >= 15 is 0 Å². The first-order chi connectivity index (χ1) is 13.8. The highest BCUT2D eigenvalue weighted by atomic mass is 32.2. The van der Waals surface area contributed by atoms with Crippen molar-refractivity contribution in [1.29, 1.82) is 0 Å². The quantitative estimate of drug-likeness (QED) is 0.609. The molecular formula is C18H16F3N5O2S. The van der Waals surface area contributed by atoms with Crippen LogP contribution in [-0.2, 0) is 11.0 Å². The van der Waals surface area contributed by atoms with Gasteiger partial charge in [-0.15, -0.1) is 5.10 Å². The molecule has 0 aliphatic rings. The normalized spacial score (nSPS) is 11.3. The van der Waals surface area contributed by atoms with Crippen LogP contribution in [0, 0.1) is 6.92 Å². The van der Waals surface area contributed by atoms with Crippen LogP contribution in [0.1, 0.15) is 11.1 Å². The van der Waals surface area contributed by atoms with Crippen molar-refractivity contribution >= 4 is 23.4 Å². The molecule has 0 radical (unpaired) electrons. The van der Waals surface area contributed by atoms with Gasteiger partial charge in [0.1, 0.15) is 11.4 Å². The van der Waals surface area contributed by atoms with Crippen LogP contribution in [0.4, 0.5) is 18.9 Å². The average molecular weight is 423 g/mol. The van der Waals surface area contributed by atoms with Gasteiger partial charge in [-0.05, 0) is 59.3 Å². The molecular weight excluding hydrogens is 407 g/mol.